The van der Waals surface area contributed by atoms with Crippen molar-refractivity contribution in [2.45, 2.75) is 6.18 Å². The monoisotopic (exact) mass is 200 g/mol. The molecule has 0 aliphatic rings. The van der Waals surface area contributed by atoms with Gasteiger partial charge in [0.2, 0.25) is 0 Å². The molecule has 0 heterocycles. The van der Waals surface area contributed by atoms with Crippen LogP contribution >= 0.6 is 0 Å². The maximum atomic E-state index is 11.4. The fraction of sp³-hybridized carbons (Fsp3) is 0.500. The van der Waals surface area contributed by atoms with Gasteiger partial charge in [-0.1, -0.05) is 0 Å². The zero-order valence-corrected chi connectivity index (χ0v) is 6.07. The molecule has 6 nitrogen and oxygen atoms in total. The molecule has 0 aromatic carbocycles. The van der Waals surface area contributed by atoms with E-state index in [1.54, 1.807) is 0 Å². The van der Waals surface area contributed by atoms with Gasteiger partial charge in [0.25, 0.3) is 0 Å². The van der Waals surface area contributed by atoms with Crippen LogP contribution in [0.4, 0.5) is 22.8 Å². The first-order chi connectivity index (χ1) is 5.81. The number of nitrogens with one attached hydrogen (secondary N) is 3. The first-order valence-corrected chi connectivity index (χ1v) is 2.89. The summed E-state index contributed by atoms with van der Waals surface area (Å²) < 4.78 is 34.3. The summed E-state index contributed by atoms with van der Waals surface area (Å²) in [7, 11) is 0. The molecule has 0 atom stereocenters. The summed E-state index contributed by atoms with van der Waals surface area (Å²) in [5.74, 6) is 0. The highest BCUT2D eigenvalue weighted by atomic mass is 19.4. The molecule has 0 spiro atoms. The Kier molecular flexibility index (Phi) is 3.82. The van der Waals surface area contributed by atoms with Crippen LogP contribution in [0.1, 0.15) is 0 Å². The molecule has 0 rings (SSSR count). The van der Waals surface area contributed by atoms with Gasteiger partial charge < -0.3 is 15.2 Å². The van der Waals surface area contributed by atoms with E-state index in [-0.39, 0.29) is 0 Å². The SMILES string of the molecule is O=C([O-])NNC(=O)NCC(F)(F)F. The lowest BCUT2D eigenvalue weighted by Crippen LogP contribution is -2.52. The molecule has 0 saturated carbocycles. The molecule has 0 aromatic heterocycles. The predicted octanol–water partition coefficient (Wildman–Crippen LogP) is -1.30. The molecule has 3 N–H and O–H groups in total. The second kappa shape index (κ2) is 4.38. The number of hydrazine groups is 1. The van der Waals surface area contributed by atoms with Gasteiger partial charge in [0.05, 0.1) is 0 Å². The quantitative estimate of drug-likeness (QED) is 0.459. The number of carbonyl (C=O) groups is 2. The van der Waals surface area contributed by atoms with Crippen molar-refractivity contribution in [2.24, 2.45) is 0 Å². The summed E-state index contributed by atoms with van der Waals surface area (Å²) in [6.45, 7) is -1.55. The summed E-state index contributed by atoms with van der Waals surface area (Å²) in [6, 6.07) is -1.32. The highest BCUT2D eigenvalue weighted by Gasteiger charge is 2.27. The number of hydrogen-bond donors (Lipinski definition) is 3. The number of hydrogen-bond acceptors (Lipinski definition) is 3. The molecule has 0 aliphatic carbocycles. The van der Waals surface area contributed by atoms with Crippen molar-refractivity contribution in [1.29, 1.82) is 0 Å². The topological polar surface area (TPSA) is 93.3 Å². The molecular formula is C4H5F3N3O3-. The number of urea groups is 1. The maximum Gasteiger partial charge on any atom is 0.405 e. The molecule has 9 heteroatoms. The second-order valence-electron chi connectivity index (χ2n) is 1.84. The minimum atomic E-state index is -4.54. The number of amides is 3. The van der Waals surface area contributed by atoms with Crippen LogP contribution in [-0.2, 0) is 0 Å². The number of halogens is 3. The molecule has 0 fully saturated rings. The minimum Gasteiger partial charge on any atom is -0.529 e. The zero-order chi connectivity index (χ0) is 10.5. The summed E-state index contributed by atoms with van der Waals surface area (Å²) >= 11 is 0. The third-order valence-corrected chi connectivity index (χ3v) is 0.727. The molecule has 0 radical (unpaired) electrons. The maximum absolute atomic E-state index is 11.4. The van der Waals surface area contributed by atoms with Crippen LogP contribution in [0.25, 0.3) is 0 Å². The van der Waals surface area contributed by atoms with Crippen LogP contribution in [0.15, 0.2) is 0 Å². The van der Waals surface area contributed by atoms with Crippen LogP contribution in [-0.4, -0.2) is 24.8 Å². The Labute approximate surface area is 70.1 Å². The van der Waals surface area contributed by atoms with Crippen molar-refractivity contribution in [2.75, 3.05) is 6.54 Å². The largest absolute Gasteiger partial charge is 0.529 e. The van der Waals surface area contributed by atoms with E-state index in [1.807, 2.05) is 0 Å². The van der Waals surface area contributed by atoms with Crippen molar-refractivity contribution >= 4 is 12.1 Å². The Hall–Kier alpha value is -1.67. The van der Waals surface area contributed by atoms with Crippen LogP contribution < -0.4 is 21.3 Å². The molecule has 3 amide bonds. The van der Waals surface area contributed by atoms with Crippen molar-refractivity contribution < 1.29 is 27.9 Å². The van der Waals surface area contributed by atoms with Gasteiger partial charge in [-0.15, -0.1) is 0 Å². The third-order valence-electron chi connectivity index (χ3n) is 0.727. The smallest absolute Gasteiger partial charge is 0.405 e. The van der Waals surface area contributed by atoms with Crippen molar-refractivity contribution in [3.63, 3.8) is 0 Å². The molecule has 0 aromatic rings. The Morgan fingerprint density at radius 3 is 2.15 bits per heavy atom. The molecule has 13 heavy (non-hydrogen) atoms. The molecule has 76 valence electrons. The zero-order valence-electron chi connectivity index (χ0n) is 6.07. The van der Waals surface area contributed by atoms with Crippen LogP contribution in [0, 0.1) is 0 Å². The number of rotatable bonds is 1. The second-order valence-corrected chi connectivity index (χ2v) is 1.84. The summed E-state index contributed by atoms with van der Waals surface area (Å²) in [4.78, 5) is 19.9. The van der Waals surface area contributed by atoms with E-state index in [0.717, 1.165) is 0 Å². The summed E-state index contributed by atoms with van der Waals surface area (Å²) in [6.07, 6.45) is -6.37. The van der Waals surface area contributed by atoms with Crippen LogP contribution in [0.3, 0.4) is 0 Å². The van der Waals surface area contributed by atoms with Crippen LogP contribution in [0.2, 0.25) is 0 Å². The van der Waals surface area contributed by atoms with E-state index < -0.39 is 24.8 Å². The fourth-order valence-corrected chi connectivity index (χ4v) is 0.332. The lowest BCUT2D eigenvalue weighted by atomic mass is 10.6. The van der Waals surface area contributed by atoms with Crippen LogP contribution in [0.5, 0.6) is 0 Å². The average Bonchev–Trinajstić information content (AvgIpc) is 1.95. The average molecular weight is 200 g/mol. The predicted molar refractivity (Wildman–Crippen MR) is 31.1 cm³/mol. The van der Waals surface area contributed by atoms with Gasteiger partial charge in [0.1, 0.15) is 6.54 Å². The normalized spacial score (nSPS) is 10.4. The van der Waals surface area contributed by atoms with E-state index in [9.17, 15) is 27.9 Å². The van der Waals surface area contributed by atoms with Crippen molar-refractivity contribution in [1.82, 2.24) is 16.2 Å². The highest BCUT2D eigenvalue weighted by Crippen LogP contribution is 2.11. The Morgan fingerprint density at radius 2 is 1.77 bits per heavy atom. The number of alkyl halides is 3. The summed E-state index contributed by atoms with van der Waals surface area (Å²) in [5.41, 5.74) is 2.65. The first kappa shape index (κ1) is 11.3. The van der Waals surface area contributed by atoms with E-state index in [4.69, 9.17) is 0 Å². The van der Waals surface area contributed by atoms with Gasteiger partial charge >= 0.3 is 12.2 Å². The fourth-order valence-electron chi connectivity index (χ4n) is 0.332. The molecule has 0 aliphatic heterocycles. The van der Waals surface area contributed by atoms with E-state index in [1.165, 1.54) is 16.2 Å². The number of carbonyl (C=O) groups excluding carboxylic acids is 2. The minimum absolute atomic E-state index is 1.26. The Bertz CT molecular complexity index is 205. The standard InChI is InChI=1S/C4H6F3N3O3/c5-4(6,7)1-8-2(11)9-10-3(12)13/h10H,1H2,(H,12,13)(H2,8,9,11)/p-1. The van der Waals surface area contributed by atoms with Crippen molar-refractivity contribution in [3.8, 4) is 0 Å². The highest BCUT2D eigenvalue weighted by molar-refractivity contribution is 5.76. The lowest BCUT2D eigenvalue weighted by molar-refractivity contribution is -0.251. The Morgan fingerprint density at radius 1 is 1.23 bits per heavy atom. The number of carboxylic acid groups (broad SMARTS) is 1. The van der Waals surface area contributed by atoms with Gasteiger partial charge in [0.15, 0.2) is 6.09 Å². The van der Waals surface area contributed by atoms with Crippen molar-refractivity contribution in [3.05, 3.63) is 0 Å². The lowest BCUT2D eigenvalue weighted by Gasteiger charge is -2.10. The van der Waals surface area contributed by atoms with Gasteiger partial charge in [-0.3, -0.25) is 10.9 Å². The Balaban J connectivity index is 3.58. The summed E-state index contributed by atoms with van der Waals surface area (Å²) in [5, 5.41) is 11.0. The van der Waals surface area contributed by atoms with Gasteiger partial charge in [0, 0.05) is 0 Å². The molecule has 0 saturated heterocycles. The van der Waals surface area contributed by atoms with E-state index >= 15 is 0 Å². The third kappa shape index (κ3) is 8.23. The van der Waals surface area contributed by atoms with E-state index in [0.29, 0.717) is 0 Å². The van der Waals surface area contributed by atoms with E-state index in [2.05, 4.69) is 0 Å². The molecular weight excluding hydrogens is 195 g/mol. The molecule has 0 unspecified atom stereocenters. The van der Waals surface area contributed by atoms with Gasteiger partial charge in [-0.25, -0.2) is 4.79 Å². The first-order valence-electron chi connectivity index (χ1n) is 2.89. The van der Waals surface area contributed by atoms with Gasteiger partial charge in [-0.2, -0.15) is 13.2 Å². The van der Waals surface area contributed by atoms with Gasteiger partial charge in [-0.05, 0) is 0 Å². The molecule has 0 bridgehead atoms.